The summed E-state index contributed by atoms with van der Waals surface area (Å²) in [6, 6.07) is 6.09. The number of aromatic amines is 1. The number of carbonyl (C=O) groups is 1. The monoisotopic (exact) mass is 450 g/mol. The second-order valence-electron chi connectivity index (χ2n) is 9.11. The largest absolute Gasteiger partial charge is 0.401 e. The highest BCUT2D eigenvalue weighted by molar-refractivity contribution is 6.05. The van der Waals surface area contributed by atoms with Crippen molar-refractivity contribution < 1.29 is 18.0 Å². The lowest BCUT2D eigenvalue weighted by atomic mass is 10.0. The van der Waals surface area contributed by atoms with E-state index in [9.17, 15) is 18.0 Å². The molecule has 0 unspecified atom stereocenters. The molecule has 2 bridgehead atoms. The number of amides is 1. The van der Waals surface area contributed by atoms with Crippen LogP contribution in [0.3, 0.4) is 0 Å². The van der Waals surface area contributed by atoms with Gasteiger partial charge in [0.2, 0.25) is 0 Å². The number of alkyl halides is 3. The maximum absolute atomic E-state index is 13.4. The molecule has 1 aromatic carbocycles. The first-order valence-electron chi connectivity index (χ1n) is 11.4. The third-order valence-corrected chi connectivity index (χ3v) is 7.02. The van der Waals surface area contributed by atoms with Crippen LogP contribution in [0.25, 0.3) is 10.9 Å². The summed E-state index contributed by atoms with van der Waals surface area (Å²) in [6.07, 6.45) is -1.51. The van der Waals surface area contributed by atoms with Gasteiger partial charge in [0.1, 0.15) is 0 Å². The van der Waals surface area contributed by atoms with Crippen molar-refractivity contribution in [3.05, 3.63) is 23.9 Å². The van der Waals surface area contributed by atoms with Gasteiger partial charge in [0.05, 0.1) is 12.1 Å². The predicted octanol–water partition coefficient (Wildman–Crippen LogP) is 2.56. The van der Waals surface area contributed by atoms with Crippen LogP contribution in [0.4, 0.5) is 18.9 Å². The summed E-state index contributed by atoms with van der Waals surface area (Å²) < 4.78 is 38.3. The SMILES string of the molecule is O=C(c1n[nH]c2ccc(N3CCCN(CC(F)(F)F)CC3)cc12)N1CCN2CCC1CC2. The molecule has 0 aliphatic carbocycles. The molecule has 0 atom stereocenters. The van der Waals surface area contributed by atoms with E-state index >= 15 is 0 Å². The van der Waals surface area contributed by atoms with Crippen molar-refractivity contribution in [1.82, 2.24) is 24.9 Å². The van der Waals surface area contributed by atoms with Gasteiger partial charge < -0.3 is 14.7 Å². The first-order chi connectivity index (χ1) is 15.4. The highest BCUT2D eigenvalue weighted by atomic mass is 19.4. The average Bonchev–Trinajstić information content (AvgIpc) is 2.92. The van der Waals surface area contributed by atoms with Crippen LogP contribution in [0.1, 0.15) is 29.8 Å². The van der Waals surface area contributed by atoms with Crippen LogP contribution in [-0.4, -0.2) is 102 Å². The first-order valence-corrected chi connectivity index (χ1v) is 11.4. The molecule has 4 aliphatic heterocycles. The van der Waals surface area contributed by atoms with E-state index in [1.165, 1.54) is 4.90 Å². The van der Waals surface area contributed by atoms with Crippen molar-refractivity contribution in [3.8, 4) is 0 Å². The van der Waals surface area contributed by atoms with Crippen molar-refractivity contribution in [1.29, 1.82) is 0 Å². The third-order valence-electron chi connectivity index (χ3n) is 7.02. The number of anilines is 1. The molecule has 2 aromatic rings. The molecule has 7 nitrogen and oxygen atoms in total. The zero-order valence-corrected chi connectivity index (χ0v) is 18.1. The summed E-state index contributed by atoms with van der Waals surface area (Å²) in [4.78, 5) is 21.4. The highest BCUT2D eigenvalue weighted by Gasteiger charge is 2.34. The van der Waals surface area contributed by atoms with Gasteiger partial charge in [-0.15, -0.1) is 0 Å². The zero-order valence-electron chi connectivity index (χ0n) is 18.1. The molecule has 4 fully saturated rings. The summed E-state index contributed by atoms with van der Waals surface area (Å²) in [5, 5.41) is 8.12. The molecule has 1 aromatic heterocycles. The minimum Gasteiger partial charge on any atom is -0.370 e. The van der Waals surface area contributed by atoms with Crippen molar-refractivity contribution in [2.24, 2.45) is 0 Å². The molecule has 32 heavy (non-hydrogen) atoms. The maximum atomic E-state index is 13.4. The Kier molecular flexibility index (Phi) is 5.75. The Balaban J connectivity index is 1.35. The van der Waals surface area contributed by atoms with E-state index in [0.717, 1.165) is 55.6 Å². The van der Waals surface area contributed by atoms with E-state index in [0.29, 0.717) is 38.3 Å². The number of rotatable bonds is 3. The number of nitrogens with zero attached hydrogens (tertiary/aromatic N) is 5. The number of hydrogen-bond acceptors (Lipinski definition) is 5. The van der Waals surface area contributed by atoms with Crippen molar-refractivity contribution >= 4 is 22.5 Å². The molecule has 4 saturated heterocycles. The van der Waals surface area contributed by atoms with Gasteiger partial charge in [-0.1, -0.05) is 0 Å². The smallest absolute Gasteiger partial charge is 0.370 e. The van der Waals surface area contributed by atoms with Gasteiger partial charge in [0, 0.05) is 69.5 Å². The first kappa shape index (κ1) is 21.5. The number of fused-ring (bicyclic) bond motifs is 5. The predicted molar refractivity (Wildman–Crippen MR) is 116 cm³/mol. The van der Waals surface area contributed by atoms with Gasteiger partial charge in [-0.25, -0.2) is 0 Å². The van der Waals surface area contributed by atoms with E-state index in [1.807, 2.05) is 23.1 Å². The van der Waals surface area contributed by atoms with E-state index in [-0.39, 0.29) is 11.9 Å². The molecule has 5 heterocycles. The van der Waals surface area contributed by atoms with Gasteiger partial charge in [-0.05, 0) is 37.5 Å². The highest BCUT2D eigenvalue weighted by Crippen LogP contribution is 2.28. The maximum Gasteiger partial charge on any atom is 0.401 e. The number of piperidine rings is 1. The molecular formula is C22H29F3N6O. The molecule has 1 amide bonds. The summed E-state index contributed by atoms with van der Waals surface area (Å²) in [6.45, 7) is 4.84. The Bertz CT molecular complexity index is 968. The summed E-state index contributed by atoms with van der Waals surface area (Å²) in [5.74, 6) is -0.0330. The molecular weight excluding hydrogens is 421 g/mol. The van der Waals surface area contributed by atoms with Crippen molar-refractivity contribution in [3.63, 3.8) is 0 Å². The van der Waals surface area contributed by atoms with E-state index in [4.69, 9.17) is 0 Å². The van der Waals surface area contributed by atoms with Crippen LogP contribution in [0, 0.1) is 0 Å². The Hall–Kier alpha value is -2.33. The Morgan fingerprint density at radius 1 is 1.03 bits per heavy atom. The van der Waals surface area contributed by atoms with Crippen LogP contribution < -0.4 is 4.90 Å². The van der Waals surface area contributed by atoms with Crippen LogP contribution in [0.5, 0.6) is 0 Å². The number of benzene rings is 1. The number of hydrogen-bond donors (Lipinski definition) is 1. The number of carbonyl (C=O) groups excluding carboxylic acids is 1. The molecule has 4 aliphatic rings. The molecule has 0 radical (unpaired) electrons. The Labute approximate surface area is 185 Å². The van der Waals surface area contributed by atoms with Crippen molar-refractivity contribution in [2.75, 3.05) is 63.8 Å². The van der Waals surface area contributed by atoms with Crippen LogP contribution in [0.15, 0.2) is 18.2 Å². The molecule has 0 saturated carbocycles. The fourth-order valence-corrected chi connectivity index (χ4v) is 5.29. The lowest BCUT2D eigenvalue weighted by molar-refractivity contribution is -0.145. The lowest BCUT2D eigenvalue weighted by Crippen LogP contribution is -2.41. The molecule has 1 N–H and O–H groups in total. The zero-order chi connectivity index (χ0) is 22.3. The lowest BCUT2D eigenvalue weighted by Gasteiger charge is -2.31. The third kappa shape index (κ3) is 4.43. The number of H-pyrrole nitrogens is 1. The number of halogens is 3. The van der Waals surface area contributed by atoms with Crippen LogP contribution in [-0.2, 0) is 0 Å². The van der Waals surface area contributed by atoms with E-state index < -0.39 is 12.7 Å². The second kappa shape index (κ2) is 8.55. The quantitative estimate of drug-likeness (QED) is 0.779. The van der Waals surface area contributed by atoms with E-state index in [2.05, 4.69) is 20.0 Å². The van der Waals surface area contributed by atoms with Gasteiger partial charge >= 0.3 is 6.18 Å². The van der Waals surface area contributed by atoms with Crippen molar-refractivity contribution in [2.45, 2.75) is 31.5 Å². The molecule has 6 rings (SSSR count). The average molecular weight is 451 g/mol. The van der Waals surface area contributed by atoms with Gasteiger partial charge in [0.15, 0.2) is 5.69 Å². The van der Waals surface area contributed by atoms with Crippen LogP contribution in [0.2, 0.25) is 0 Å². The number of nitrogens with one attached hydrogen (secondary N) is 1. The van der Waals surface area contributed by atoms with Crippen LogP contribution >= 0.6 is 0 Å². The molecule has 0 spiro atoms. The van der Waals surface area contributed by atoms with Gasteiger partial charge in [-0.3, -0.25) is 14.8 Å². The fraction of sp³-hybridized carbons (Fsp3) is 0.636. The summed E-state index contributed by atoms with van der Waals surface area (Å²) >= 11 is 0. The number of aromatic nitrogens is 2. The Morgan fingerprint density at radius 3 is 2.62 bits per heavy atom. The standard InChI is InChI=1S/C22H29F3N6O/c23-22(24,25)15-29-6-1-7-30(12-10-29)17-2-3-19-18(14-17)20(27-26-19)21(32)31-13-11-28-8-4-16(31)5-9-28/h2-3,14,16H,1,4-13,15H2,(H,26,27). The van der Waals surface area contributed by atoms with E-state index in [1.54, 1.807) is 0 Å². The molecule has 10 heteroatoms. The normalized spacial score (nSPS) is 25.2. The minimum absolute atomic E-state index is 0.0330. The topological polar surface area (TPSA) is 58.7 Å². The minimum atomic E-state index is -4.18. The molecule has 174 valence electrons. The summed E-state index contributed by atoms with van der Waals surface area (Å²) in [7, 11) is 0. The Morgan fingerprint density at radius 2 is 1.84 bits per heavy atom. The van der Waals surface area contributed by atoms with Gasteiger partial charge in [-0.2, -0.15) is 18.3 Å². The fourth-order valence-electron chi connectivity index (χ4n) is 5.29. The summed E-state index contributed by atoms with van der Waals surface area (Å²) in [5.41, 5.74) is 2.16. The van der Waals surface area contributed by atoms with Gasteiger partial charge in [0.25, 0.3) is 5.91 Å². The second-order valence-corrected chi connectivity index (χ2v) is 9.11.